The molecule has 1 saturated heterocycles. The molecule has 1 aromatic rings. The number of alkyl halides is 3. The zero-order valence-corrected chi connectivity index (χ0v) is 16.3. The number of carbonyl (C=O) groups is 1. The minimum atomic E-state index is -4.42. The van der Waals surface area contributed by atoms with Gasteiger partial charge in [0.2, 0.25) is 5.91 Å². The lowest BCUT2D eigenvalue weighted by atomic mass is 9.68. The predicted octanol–water partition coefficient (Wildman–Crippen LogP) is 4.70. The van der Waals surface area contributed by atoms with Gasteiger partial charge < -0.3 is 14.7 Å². The molecule has 0 radical (unpaired) electrons. The van der Waals surface area contributed by atoms with Gasteiger partial charge in [0.15, 0.2) is 6.10 Å². The molecule has 1 spiro atoms. The van der Waals surface area contributed by atoms with Gasteiger partial charge in [0, 0.05) is 12.2 Å². The molecule has 2 aliphatic rings. The summed E-state index contributed by atoms with van der Waals surface area (Å²) in [6.07, 6.45) is -1.79. The van der Waals surface area contributed by atoms with Crippen LogP contribution in [0.15, 0.2) is 24.3 Å². The van der Waals surface area contributed by atoms with Crippen molar-refractivity contribution in [3.05, 3.63) is 24.3 Å². The van der Waals surface area contributed by atoms with Gasteiger partial charge in [0.05, 0.1) is 11.5 Å². The van der Waals surface area contributed by atoms with Crippen LogP contribution in [0.3, 0.4) is 0 Å². The van der Waals surface area contributed by atoms with Gasteiger partial charge in [-0.3, -0.25) is 4.79 Å². The van der Waals surface area contributed by atoms with Crippen molar-refractivity contribution < 1.29 is 27.8 Å². The SMILES string of the molecule is CCC(O)C1CCC2(CC1)CCN(c1ccc(O[C@H](C)C(F)(F)F)cc1)C2=O. The summed E-state index contributed by atoms with van der Waals surface area (Å²) in [4.78, 5) is 14.8. The number of benzene rings is 1. The Balaban J connectivity index is 1.64. The highest BCUT2D eigenvalue weighted by atomic mass is 19.4. The molecule has 1 unspecified atom stereocenters. The Morgan fingerprint density at radius 2 is 1.82 bits per heavy atom. The minimum absolute atomic E-state index is 0.0919. The second-order valence-electron chi connectivity index (χ2n) is 8.10. The van der Waals surface area contributed by atoms with Gasteiger partial charge in [-0.25, -0.2) is 0 Å². The Labute approximate surface area is 163 Å². The fourth-order valence-electron chi connectivity index (χ4n) is 4.42. The molecule has 1 aliphatic carbocycles. The number of halogens is 3. The van der Waals surface area contributed by atoms with Crippen molar-refractivity contribution in [2.24, 2.45) is 11.3 Å². The summed E-state index contributed by atoms with van der Waals surface area (Å²) in [5.41, 5.74) is 0.328. The third kappa shape index (κ3) is 4.14. The third-order valence-corrected chi connectivity index (χ3v) is 6.38. The van der Waals surface area contributed by atoms with E-state index in [2.05, 4.69) is 0 Å². The van der Waals surface area contributed by atoms with Gasteiger partial charge >= 0.3 is 6.18 Å². The average molecular weight is 399 g/mol. The molecule has 2 fully saturated rings. The lowest BCUT2D eigenvalue weighted by Crippen LogP contribution is -2.39. The number of nitrogens with zero attached hydrogens (tertiary/aromatic N) is 1. The Hall–Kier alpha value is -1.76. The largest absolute Gasteiger partial charge is 0.481 e. The Bertz CT molecular complexity index is 681. The van der Waals surface area contributed by atoms with E-state index < -0.39 is 12.3 Å². The molecular weight excluding hydrogens is 371 g/mol. The molecule has 1 aliphatic heterocycles. The second-order valence-corrected chi connectivity index (χ2v) is 8.10. The molecule has 28 heavy (non-hydrogen) atoms. The third-order valence-electron chi connectivity index (χ3n) is 6.38. The van der Waals surface area contributed by atoms with E-state index in [9.17, 15) is 23.1 Å². The smallest absolute Gasteiger partial charge is 0.425 e. The van der Waals surface area contributed by atoms with Crippen LogP contribution in [0.4, 0.5) is 18.9 Å². The van der Waals surface area contributed by atoms with Crippen LogP contribution in [0.5, 0.6) is 5.75 Å². The number of aliphatic hydroxyl groups excluding tert-OH is 1. The molecule has 1 N–H and O–H groups in total. The molecule has 1 aromatic carbocycles. The molecule has 156 valence electrons. The summed E-state index contributed by atoms with van der Waals surface area (Å²) in [6, 6.07) is 6.23. The first-order valence-corrected chi connectivity index (χ1v) is 10.00. The summed E-state index contributed by atoms with van der Waals surface area (Å²) >= 11 is 0. The van der Waals surface area contributed by atoms with Crippen molar-refractivity contribution in [2.75, 3.05) is 11.4 Å². The van der Waals surface area contributed by atoms with E-state index in [1.807, 2.05) is 6.92 Å². The maximum Gasteiger partial charge on any atom is 0.425 e. The number of aliphatic hydroxyl groups is 1. The second kappa shape index (κ2) is 7.93. The summed E-state index contributed by atoms with van der Waals surface area (Å²) in [5.74, 6) is 0.489. The monoisotopic (exact) mass is 399 g/mol. The van der Waals surface area contributed by atoms with Crippen LogP contribution in [0, 0.1) is 11.3 Å². The first-order valence-electron chi connectivity index (χ1n) is 10.00. The number of carbonyl (C=O) groups excluding carboxylic acids is 1. The minimum Gasteiger partial charge on any atom is -0.481 e. The van der Waals surface area contributed by atoms with Crippen molar-refractivity contribution >= 4 is 11.6 Å². The normalized spacial score (nSPS) is 27.9. The van der Waals surface area contributed by atoms with E-state index in [1.54, 1.807) is 17.0 Å². The Kier molecular flexibility index (Phi) is 5.94. The van der Waals surface area contributed by atoms with Gasteiger partial charge in [-0.15, -0.1) is 0 Å². The van der Waals surface area contributed by atoms with E-state index in [0.29, 0.717) is 12.2 Å². The van der Waals surface area contributed by atoms with Gasteiger partial charge in [-0.1, -0.05) is 6.92 Å². The van der Waals surface area contributed by atoms with Crippen LogP contribution in [0.1, 0.15) is 52.4 Å². The van der Waals surface area contributed by atoms with Crippen molar-refractivity contribution in [3.8, 4) is 5.75 Å². The quantitative estimate of drug-likeness (QED) is 0.781. The first kappa shape index (κ1) is 21.0. The van der Waals surface area contributed by atoms with Gasteiger partial charge in [-0.2, -0.15) is 13.2 Å². The van der Waals surface area contributed by atoms with Crippen LogP contribution >= 0.6 is 0 Å². The average Bonchev–Trinajstić information content (AvgIpc) is 2.98. The van der Waals surface area contributed by atoms with E-state index in [0.717, 1.165) is 45.4 Å². The van der Waals surface area contributed by atoms with Crippen molar-refractivity contribution in [1.29, 1.82) is 0 Å². The standard InChI is InChI=1S/C21H28F3NO3/c1-3-18(26)15-8-10-20(11-9-15)12-13-25(19(20)27)16-4-6-17(7-5-16)28-14(2)21(22,23)24/h4-7,14-15,18,26H,3,8-13H2,1-2H3/t14-,15?,18?,20?/m1/s1. The van der Waals surface area contributed by atoms with Gasteiger partial charge in [0.1, 0.15) is 5.75 Å². The van der Waals surface area contributed by atoms with Crippen LogP contribution in [-0.2, 0) is 4.79 Å². The topological polar surface area (TPSA) is 49.8 Å². The number of hydrogen-bond acceptors (Lipinski definition) is 3. The zero-order chi connectivity index (χ0) is 20.5. The first-order chi connectivity index (χ1) is 13.2. The summed E-state index contributed by atoms with van der Waals surface area (Å²) < 4.78 is 42.8. The fourth-order valence-corrected chi connectivity index (χ4v) is 4.42. The van der Waals surface area contributed by atoms with Crippen LogP contribution in [-0.4, -0.2) is 35.9 Å². The van der Waals surface area contributed by atoms with Gasteiger partial charge in [0.25, 0.3) is 0 Å². The van der Waals surface area contributed by atoms with Crippen molar-refractivity contribution in [1.82, 2.24) is 0 Å². The summed E-state index contributed by atoms with van der Waals surface area (Å²) in [6.45, 7) is 3.55. The number of anilines is 1. The number of ether oxygens (including phenoxy) is 1. The molecule has 1 heterocycles. The van der Waals surface area contributed by atoms with E-state index in [4.69, 9.17) is 4.74 Å². The zero-order valence-electron chi connectivity index (χ0n) is 16.3. The molecule has 7 heteroatoms. The molecule has 0 bridgehead atoms. The number of rotatable bonds is 5. The number of amides is 1. The molecule has 2 atom stereocenters. The van der Waals surface area contributed by atoms with Crippen molar-refractivity contribution in [2.45, 2.75) is 70.8 Å². The Morgan fingerprint density at radius 1 is 1.21 bits per heavy atom. The highest BCUT2D eigenvalue weighted by Crippen LogP contribution is 2.48. The molecule has 1 amide bonds. The van der Waals surface area contributed by atoms with Crippen molar-refractivity contribution in [3.63, 3.8) is 0 Å². The highest BCUT2D eigenvalue weighted by molar-refractivity contribution is 6.00. The molecule has 3 rings (SSSR count). The summed E-state index contributed by atoms with van der Waals surface area (Å²) in [7, 11) is 0. The van der Waals surface area contributed by atoms with Crippen LogP contribution in [0.25, 0.3) is 0 Å². The molecule has 4 nitrogen and oxygen atoms in total. The number of hydrogen-bond donors (Lipinski definition) is 1. The van der Waals surface area contributed by atoms with Gasteiger partial charge in [-0.05, 0) is 75.6 Å². The fraction of sp³-hybridized carbons (Fsp3) is 0.667. The summed E-state index contributed by atoms with van der Waals surface area (Å²) in [5, 5.41) is 10.1. The molecule has 0 aromatic heterocycles. The van der Waals surface area contributed by atoms with Crippen LogP contribution in [0.2, 0.25) is 0 Å². The van der Waals surface area contributed by atoms with E-state index in [1.165, 1.54) is 12.1 Å². The lowest BCUT2D eigenvalue weighted by Gasteiger charge is -2.37. The van der Waals surface area contributed by atoms with E-state index >= 15 is 0 Å². The Morgan fingerprint density at radius 3 is 2.36 bits per heavy atom. The van der Waals surface area contributed by atoms with Crippen LogP contribution < -0.4 is 9.64 Å². The highest BCUT2D eigenvalue weighted by Gasteiger charge is 2.49. The predicted molar refractivity (Wildman–Crippen MR) is 100 cm³/mol. The maximum absolute atomic E-state index is 13.1. The molecule has 1 saturated carbocycles. The lowest BCUT2D eigenvalue weighted by molar-refractivity contribution is -0.189. The van der Waals surface area contributed by atoms with E-state index in [-0.39, 0.29) is 29.1 Å². The molecular formula is C21H28F3NO3. The maximum atomic E-state index is 13.1.